The molecule has 1 fully saturated rings. The molecule has 2 atom stereocenters. The summed E-state index contributed by atoms with van der Waals surface area (Å²) < 4.78 is 11.6. The molecule has 0 aliphatic carbocycles. The molecule has 0 radical (unpaired) electrons. The molecule has 276 valence electrons. The summed E-state index contributed by atoms with van der Waals surface area (Å²) in [6, 6.07) is 0. The number of carbonyl (C=O) groups excluding carboxylic acids is 2. The van der Waals surface area contributed by atoms with Crippen molar-refractivity contribution in [2.45, 2.75) is 181 Å². The number of unbranched alkanes of at least 4 members (excludes halogenated alkanes) is 4. The first kappa shape index (κ1) is 44.0. The van der Waals surface area contributed by atoms with E-state index >= 15 is 0 Å². The lowest BCUT2D eigenvalue weighted by atomic mass is 9.79. The quantitative estimate of drug-likeness (QED) is 0.118. The SMILES string of the molecule is C=C=C=C=C1C(CCCCC)CC(=O)OCCCCCCCCC(CCN(C)CC)CCCCCCCCOC(=O)CC1CCCCC. The van der Waals surface area contributed by atoms with E-state index in [0.29, 0.717) is 26.1 Å². The number of carbonyl (C=O) groups is 2. The van der Waals surface area contributed by atoms with E-state index in [1.54, 1.807) is 0 Å². The summed E-state index contributed by atoms with van der Waals surface area (Å²) in [5.41, 5.74) is 10.0. The lowest BCUT2D eigenvalue weighted by molar-refractivity contribution is -0.145. The zero-order valence-corrected chi connectivity index (χ0v) is 32.0. The van der Waals surface area contributed by atoms with E-state index in [2.05, 4.69) is 56.5 Å². The average molecular weight is 670 g/mol. The smallest absolute Gasteiger partial charge is 0.306 e. The van der Waals surface area contributed by atoms with Crippen LogP contribution in [0.3, 0.4) is 0 Å². The van der Waals surface area contributed by atoms with Crippen molar-refractivity contribution in [3.8, 4) is 0 Å². The maximum absolute atomic E-state index is 13.2. The first-order chi connectivity index (χ1) is 23.4. The molecule has 1 aliphatic rings. The molecule has 0 aromatic carbocycles. The summed E-state index contributed by atoms with van der Waals surface area (Å²) in [4.78, 5) is 28.8. The molecule has 48 heavy (non-hydrogen) atoms. The van der Waals surface area contributed by atoms with Gasteiger partial charge in [0.1, 0.15) is 0 Å². The predicted molar refractivity (Wildman–Crippen MR) is 202 cm³/mol. The molecule has 5 heteroatoms. The highest BCUT2D eigenvalue weighted by atomic mass is 16.5. The van der Waals surface area contributed by atoms with E-state index in [1.165, 1.54) is 77.2 Å². The maximum Gasteiger partial charge on any atom is 0.306 e. The zero-order chi connectivity index (χ0) is 35.1. The first-order valence-electron chi connectivity index (χ1n) is 20.3. The van der Waals surface area contributed by atoms with Gasteiger partial charge in [-0.3, -0.25) is 9.59 Å². The molecular weight excluding hydrogens is 594 g/mol. The molecule has 0 N–H and O–H groups in total. The number of ether oxygens (including phenoxy) is 2. The van der Waals surface area contributed by atoms with E-state index in [4.69, 9.17) is 9.47 Å². The van der Waals surface area contributed by atoms with E-state index < -0.39 is 0 Å². The van der Waals surface area contributed by atoms with Gasteiger partial charge in [0.15, 0.2) is 0 Å². The van der Waals surface area contributed by atoms with E-state index in [9.17, 15) is 9.59 Å². The van der Waals surface area contributed by atoms with Gasteiger partial charge in [0.05, 0.1) is 26.1 Å². The Labute approximate surface area is 297 Å². The third kappa shape index (κ3) is 23.4. The second-order valence-electron chi connectivity index (χ2n) is 14.5. The highest BCUT2D eigenvalue weighted by Gasteiger charge is 2.28. The molecule has 1 heterocycles. The van der Waals surface area contributed by atoms with Crippen LogP contribution in [0.1, 0.15) is 181 Å². The highest BCUT2D eigenvalue weighted by Crippen LogP contribution is 2.33. The first-order valence-corrected chi connectivity index (χ1v) is 20.3. The fraction of sp³-hybridized carbons (Fsp3) is 0.837. The third-order valence-electron chi connectivity index (χ3n) is 10.3. The lowest BCUT2D eigenvalue weighted by Gasteiger charge is -2.25. The Morgan fingerprint density at radius 2 is 1.12 bits per heavy atom. The van der Waals surface area contributed by atoms with Gasteiger partial charge in [0.2, 0.25) is 0 Å². The Balaban J connectivity index is 2.99. The van der Waals surface area contributed by atoms with E-state index in [0.717, 1.165) is 95.1 Å². The molecule has 2 unspecified atom stereocenters. The van der Waals surface area contributed by atoms with Crippen molar-refractivity contribution in [2.24, 2.45) is 17.8 Å². The van der Waals surface area contributed by atoms with Gasteiger partial charge in [-0.25, -0.2) is 0 Å². The molecule has 0 aromatic rings. The van der Waals surface area contributed by atoms with Gasteiger partial charge < -0.3 is 14.4 Å². The third-order valence-corrected chi connectivity index (χ3v) is 10.3. The topological polar surface area (TPSA) is 55.8 Å². The van der Waals surface area contributed by atoms with Crippen molar-refractivity contribution in [2.75, 3.05) is 33.4 Å². The normalized spacial score (nSPS) is 22.6. The van der Waals surface area contributed by atoms with Crippen LogP contribution < -0.4 is 0 Å². The lowest BCUT2D eigenvalue weighted by Crippen LogP contribution is -2.22. The average Bonchev–Trinajstić information content (AvgIpc) is 3.08. The number of hydrogen-bond donors (Lipinski definition) is 0. The van der Waals surface area contributed by atoms with Crippen molar-refractivity contribution in [1.82, 2.24) is 4.90 Å². The van der Waals surface area contributed by atoms with Gasteiger partial charge in [0, 0.05) is 0 Å². The van der Waals surface area contributed by atoms with Crippen molar-refractivity contribution in [3.05, 3.63) is 29.3 Å². The molecule has 1 saturated heterocycles. The summed E-state index contributed by atoms with van der Waals surface area (Å²) >= 11 is 0. The van der Waals surface area contributed by atoms with E-state index in [-0.39, 0.29) is 23.8 Å². The second kappa shape index (κ2) is 31.0. The molecule has 1 rings (SSSR count). The van der Waals surface area contributed by atoms with Crippen LogP contribution in [0.2, 0.25) is 0 Å². The molecule has 1 aliphatic heterocycles. The standard InChI is InChI=1S/C43H75NO4/c1-6-10-21-29-39-36-42(45)47-34-25-19-15-13-17-23-27-38(32-33-44(5)9-4)28-24-18-14-16-20-26-35-48-43(46)37-40(30-22-11-7-2)41(39)31-12-8-3/h38-40H,3,6-7,9-11,13-30,32-37H2,1-2,4-5H3. The van der Waals surface area contributed by atoms with Crippen LogP contribution in [-0.4, -0.2) is 50.2 Å². The highest BCUT2D eigenvalue weighted by molar-refractivity contribution is 5.71. The van der Waals surface area contributed by atoms with Crippen LogP contribution in [0.4, 0.5) is 0 Å². The van der Waals surface area contributed by atoms with Gasteiger partial charge in [-0.1, -0.05) is 148 Å². The summed E-state index contributed by atoms with van der Waals surface area (Å²) in [6.07, 6.45) is 27.2. The number of esters is 2. The number of allylic oxidation sites excluding steroid dienone is 1. The predicted octanol–water partition coefficient (Wildman–Crippen LogP) is 11.7. The Kier molecular flexibility index (Phi) is 28.4. The molecule has 0 bridgehead atoms. The van der Waals surface area contributed by atoms with E-state index in [1.807, 2.05) is 0 Å². The number of rotatable bonds is 12. The minimum absolute atomic E-state index is 0.0333. The van der Waals surface area contributed by atoms with Crippen LogP contribution in [0.15, 0.2) is 29.3 Å². The number of nitrogens with zero attached hydrogens (tertiary/aromatic N) is 1. The summed E-state index contributed by atoms with van der Waals surface area (Å²) in [5, 5.41) is 0. The molecule has 0 amide bonds. The summed E-state index contributed by atoms with van der Waals surface area (Å²) in [6.45, 7) is 13.7. The fourth-order valence-corrected chi connectivity index (χ4v) is 7.04. The minimum atomic E-state index is -0.144. The van der Waals surface area contributed by atoms with Crippen molar-refractivity contribution >= 4 is 11.9 Å². The van der Waals surface area contributed by atoms with Gasteiger partial charge in [-0.15, -0.1) is 0 Å². The van der Waals surface area contributed by atoms with Crippen LogP contribution in [-0.2, 0) is 19.1 Å². The summed E-state index contributed by atoms with van der Waals surface area (Å²) in [5.74, 6) is 0.485. The summed E-state index contributed by atoms with van der Waals surface area (Å²) in [7, 11) is 2.24. The molecule has 5 nitrogen and oxygen atoms in total. The van der Waals surface area contributed by atoms with Gasteiger partial charge in [-0.05, 0) is 87.9 Å². The Hall–Kier alpha value is -2.02. The molecule has 0 aromatic heterocycles. The number of hydrogen-bond acceptors (Lipinski definition) is 5. The molecule has 0 saturated carbocycles. The molecule has 0 spiro atoms. The fourth-order valence-electron chi connectivity index (χ4n) is 7.04. The van der Waals surface area contributed by atoms with Crippen LogP contribution in [0.25, 0.3) is 0 Å². The Morgan fingerprint density at radius 1 is 0.667 bits per heavy atom. The zero-order valence-electron chi connectivity index (χ0n) is 32.0. The van der Waals surface area contributed by atoms with Gasteiger partial charge in [-0.2, -0.15) is 0 Å². The molecular formula is C43H75NO4. The van der Waals surface area contributed by atoms with Crippen LogP contribution in [0, 0.1) is 17.8 Å². The minimum Gasteiger partial charge on any atom is -0.466 e. The second-order valence-corrected chi connectivity index (χ2v) is 14.5. The van der Waals surface area contributed by atoms with Gasteiger partial charge >= 0.3 is 11.9 Å². The number of cyclic esters (lactones) is 2. The van der Waals surface area contributed by atoms with Gasteiger partial charge in [0.25, 0.3) is 0 Å². The maximum atomic E-state index is 13.2. The van der Waals surface area contributed by atoms with Crippen molar-refractivity contribution in [3.63, 3.8) is 0 Å². The van der Waals surface area contributed by atoms with Crippen LogP contribution >= 0.6 is 0 Å². The Bertz CT molecular complexity index is 888. The van der Waals surface area contributed by atoms with Crippen molar-refractivity contribution < 1.29 is 19.1 Å². The largest absolute Gasteiger partial charge is 0.466 e. The van der Waals surface area contributed by atoms with Crippen molar-refractivity contribution in [1.29, 1.82) is 0 Å². The Morgan fingerprint density at radius 3 is 1.56 bits per heavy atom. The monoisotopic (exact) mass is 670 g/mol. The van der Waals surface area contributed by atoms with Crippen LogP contribution in [0.5, 0.6) is 0 Å².